The van der Waals surface area contributed by atoms with Crippen LogP contribution in [0.3, 0.4) is 0 Å². The van der Waals surface area contributed by atoms with Gasteiger partial charge in [-0.1, -0.05) is 6.92 Å². The molecule has 1 heterocycles. The number of carbonyl (C=O) groups is 2. The Morgan fingerprint density at radius 2 is 1.96 bits per heavy atom. The van der Waals surface area contributed by atoms with E-state index in [1.54, 1.807) is 0 Å². The van der Waals surface area contributed by atoms with Gasteiger partial charge in [-0.25, -0.2) is 8.78 Å². The molecule has 0 aliphatic carbocycles. The minimum absolute atomic E-state index is 0. The molecule has 2 amide bonds. The lowest BCUT2D eigenvalue weighted by Gasteiger charge is -2.34. The fraction of sp³-hybridized carbons (Fsp3) is 0.579. The van der Waals surface area contributed by atoms with Crippen molar-refractivity contribution in [2.45, 2.75) is 45.1 Å². The zero-order valence-electron chi connectivity index (χ0n) is 15.6. The van der Waals surface area contributed by atoms with Crippen LogP contribution >= 0.6 is 12.4 Å². The molecule has 0 unspecified atom stereocenters. The Morgan fingerprint density at radius 1 is 1.26 bits per heavy atom. The second kappa shape index (κ2) is 11.9. The molecule has 1 saturated heterocycles. The second-order valence-electron chi connectivity index (χ2n) is 6.55. The predicted molar refractivity (Wildman–Crippen MR) is 103 cm³/mol. The largest absolute Gasteiger partial charge is 0.352 e. The van der Waals surface area contributed by atoms with Crippen LogP contribution in [0.4, 0.5) is 8.78 Å². The molecule has 1 aliphatic heterocycles. The molecule has 0 aromatic heterocycles. The molecule has 0 radical (unpaired) electrons. The molecular formula is C19H28ClF2N3O2. The third-order valence-electron chi connectivity index (χ3n) is 4.56. The maximum absolute atomic E-state index is 13.6. The fourth-order valence-corrected chi connectivity index (χ4v) is 3.22. The molecule has 2 N–H and O–H groups in total. The van der Waals surface area contributed by atoms with Gasteiger partial charge in [0.25, 0.3) is 5.91 Å². The summed E-state index contributed by atoms with van der Waals surface area (Å²) in [5.74, 6) is -2.11. The number of nitrogens with zero attached hydrogens (tertiary/aromatic N) is 1. The van der Waals surface area contributed by atoms with Gasteiger partial charge < -0.3 is 15.5 Å². The summed E-state index contributed by atoms with van der Waals surface area (Å²) in [4.78, 5) is 26.4. The van der Waals surface area contributed by atoms with Gasteiger partial charge in [-0.3, -0.25) is 9.59 Å². The summed E-state index contributed by atoms with van der Waals surface area (Å²) in [5, 5.41) is 5.88. The number of halogens is 3. The average molecular weight is 404 g/mol. The summed E-state index contributed by atoms with van der Waals surface area (Å²) < 4.78 is 26.4. The van der Waals surface area contributed by atoms with E-state index in [1.807, 2.05) is 4.90 Å². The topological polar surface area (TPSA) is 61.4 Å². The first-order valence-electron chi connectivity index (χ1n) is 9.26. The van der Waals surface area contributed by atoms with Crippen molar-refractivity contribution < 1.29 is 18.4 Å². The molecule has 5 nitrogen and oxygen atoms in total. The van der Waals surface area contributed by atoms with Crippen LogP contribution in [0, 0.1) is 11.6 Å². The highest BCUT2D eigenvalue weighted by molar-refractivity contribution is 5.94. The first-order chi connectivity index (χ1) is 12.5. The van der Waals surface area contributed by atoms with E-state index in [2.05, 4.69) is 17.6 Å². The maximum Gasteiger partial charge on any atom is 0.254 e. The standard InChI is InChI=1S/C19H27F2N3O2.ClH/c1-2-12-24(15-7-10-22-11-8-15)18(25)4-3-9-23-19(26)16-6-5-14(20)13-17(16)21;/h5-6,13,15,22H,2-4,7-12H2,1H3,(H,23,26);1H. The van der Waals surface area contributed by atoms with Crippen LogP contribution in [0.15, 0.2) is 18.2 Å². The third kappa shape index (κ3) is 7.07. The van der Waals surface area contributed by atoms with Gasteiger partial charge in [0.1, 0.15) is 11.6 Å². The second-order valence-corrected chi connectivity index (χ2v) is 6.55. The van der Waals surface area contributed by atoms with Crippen molar-refractivity contribution in [3.05, 3.63) is 35.4 Å². The van der Waals surface area contributed by atoms with E-state index in [9.17, 15) is 18.4 Å². The molecule has 2 rings (SSSR count). The van der Waals surface area contributed by atoms with Gasteiger partial charge in [0.2, 0.25) is 5.91 Å². The lowest BCUT2D eigenvalue weighted by Crippen LogP contribution is -2.46. The molecule has 1 aromatic carbocycles. The van der Waals surface area contributed by atoms with Crippen molar-refractivity contribution in [2.75, 3.05) is 26.2 Å². The van der Waals surface area contributed by atoms with E-state index in [1.165, 1.54) is 0 Å². The molecule has 27 heavy (non-hydrogen) atoms. The van der Waals surface area contributed by atoms with Gasteiger partial charge in [-0.15, -0.1) is 12.4 Å². The zero-order valence-corrected chi connectivity index (χ0v) is 16.4. The lowest BCUT2D eigenvalue weighted by molar-refractivity contribution is -0.134. The molecule has 0 spiro atoms. The van der Waals surface area contributed by atoms with E-state index < -0.39 is 17.5 Å². The Labute approximate surface area is 165 Å². The summed E-state index contributed by atoms with van der Waals surface area (Å²) in [7, 11) is 0. The van der Waals surface area contributed by atoms with E-state index in [0.717, 1.165) is 51.0 Å². The predicted octanol–water partition coefficient (Wildman–Crippen LogP) is 2.89. The van der Waals surface area contributed by atoms with Crippen molar-refractivity contribution in [2.24, 2.45) is 0 Å². The lowest BCUT2D eigenvalue weighted by atomic mass is 10.0. The highest BCUT2D eigenvalue weighted by Gasteiger charge is 2.24. The van der Waals surface area contributed by atoms with Gasteiger partial charge in [0.15, 0.2) is 0 Å². The number of hydrogen-bond donors (Lipinski definition) is 2. The van der Waals surface area contributed by atoms with Crippen molar-refractivity contribution in [1.29, 1.82) is 0 Å². The van der Waals surface area contributed by atoms with E-state index in [4.69, 9.17) is 0 Å². The van der Waals surface area contributed by atoms with Crippen LogP contribution in [0.25, 0.3) is 0 Å². The normalized spacial score (nSPS) is 14.3. The molecule has 0 atom stereocenters. The van der Waals surface area contributed by atoms with Crippen LogP contribution in [0.5, 0.6) is 0 Å². The molecular weight excluding hydrogens is 376 g/mol. The minimum atomic E-state index is -0.890. The maximum atomic E-state index is 13.6. The van der Waals surface area contributed by atoms with Crippen molar-refractivity contribution in [1.82, 2.24) is 15.5 Å². The summed E-state index contributed by atoms with van der Waals surface area (Å²) in [6.07, 6.45) is 3.67. The smallest absolute Gasteiger partial charge is 0.254 e. The molecule has 0 saturated carbocycles. The highest BCUT2D eigenvalue weighted by Crippen LogP contribution is 2.14. The number of hydrogen-bond acceptors (Lipinski definition) is 3. The third-order valence-corrected chi connectivity index (χ3v) is 4.56. The number of piperidine rings is 1. The van der Waals surface area contributed by atoms with E-state index in [-0.39, 0.29) is 36.5 Å². The average Bonchev–Trinajstić information content (AvgIpc) is 2.63. The van der Waals surface area contributed by atoms with E-state index in [0.29, 0.717) is 18.9 Å². The van der Waals surface area contributed by atoms with Crippen LogP contribution in [-0.2, 0) is 4.79 Å². The first-order valence-corrected chi connectivity index (χ1v) is 9.26. The molecule has 1 aliphatic rings. The Balaban J connectivity index is 0.00000364. The Morgan fingerprint density at radius 3 is 2.59 bits per heavy atom. The molecule has 1 aromatic rings. The number of amides is 2. The van der Waals surface area contributed by atoms with Crippen LogP contribution in [0.2, 0.25) is 0 Å². The molecule has 8 heteroatoms. The van der Waals surface area contributed by atoms with Gasteiger partial charge in [0, 0.05) is 31.6 Å². The fourth-order valence-electron chi connectivity index (χ4n) is 3.22. The van der Waals surface area contributed by atoms with E-state index >= 15 is 0 Å². The number of carbonyl (C=O) groups excluding carboxylic acids is 2. The first kappa shape index (κ1) is 23.3. The van der Waals surface area contributed by atoms with Crippen molar-refractivity contribution >= 4 is 24.2 Å². The van der Waals surface area contributed by atoms with Gasteiger partial charge >= 0.3 is 0 Å². The summed E-state index contributed by atoms with van der Waals surface area (Å²) in [5.41, 5.74) is -0.194. The summed E-state index contributed by atoms with van der Waals surface area (Å²) >= 11 is 0. The number of rotatable bonds is 8. The zero-order chi connectivity index (χ0) is 18.9. The molecule has 0 bridgehead atoms. The monoisotopic (exact) mass is 403 g/mol. The minimum Gasteiger partial charge on any atom is -0.352 e. The molecule has 152 valence electrons. The van der Waals surface area contributed by atoms with Crippen molar-refractivity contribution in [3.63, 3.8) is 0 Å². The quantitative estimate of drug-likeness (QED) is 0.656. The Hall–Kier alpha value is -1.73. The summed E-state index contributed by atoms with van der Waals surface area (Å²) in [6, 6.07) is 3.13. The van der Waals surface area contributed by atoms with Gasteiger partial charge in [-0.05, 0) is 50.9 Å². The van der Waals surface area contributed by atoms with Crippen LogP contribution in [0.1, 0.15) is 49.4 Å². The number of benzene rings is 1. The molecule has 1 fully saturated rings. The van der Waals surface area contributed by atoms with Crippen LogP contribution < -0.4 is 10.6 Å². The van der Waals surface area contributed by atoms with Gasteiger partial charge in [0.05, 0.1) is 5.56 Å². The van der Waals surface area contributed by atoms with Gasteiger partial charge in [-0.2, -0.15) is 0 Å². The Bertz CT molecular complexity index is 625. The van der Waals surface area contributed by atoms with Crippen molar-refractivity contribution in [3.8, 4) is 0 Å². The summed E-state index contributed by atoms with van der Waals surface area (Å²) in [6.45, 7) is 4.93. The number of nitrogens with one attached hydrogen (secondary N) is 2. The van der Waals surface area contributed by atoms with Crippen LogP contribution in [-0.4, -0.2) is 48.9 Å². The highest BCUT2D eigenvalue weighted by atomic mass is 35.5. The Kier molecular flexibility index (Phi) is 10.3. The SMILES string of the molecule is CCCN(C(=O)CCCNC(=O)c1ccc(F)cc1F)C1CCNCC1.Cl.